The number of carbonyl (C=O) groups excluding carboxylic acids is 1. The van der Waals surface area contributed by atoms with Crippen molar-refractivity contribution >= 4 is 17.4 Å². The molecule has 3 fully saturated rings. The van der Waals surface area contributed by atoms with Crippen LogP contribution in [-0.2, 0) is 0 Å². The van der Waals surface area contributed by atoms with Gasteiger partial charge in [0.1, 0.15) is 24.3 Å². The number of hydrogen-bond donors (Lipinski definition) is 1. The van der Waals surface area contributed by atoms with E-state index >= 15 is 0 Å². The van der Waals surface area contributed by atoms with E-state index < -0.39 is 0 Å². The number of ether oxygens (including phenoxy) is 1. The van der Waals surface area contributed by atoms with Crippen LogP contribution in [0.3, 0.4) is 0 Å². The first kappa shape index (κ1) is 15.4. The quantitative estimate of drug-likeness (QED) is 0.888. The van der Waals surface area contributed by atoms with Gasteiger partial charge in [-0.15, -0.1) is 0 Å². The molecule has 2 aromatic rings. The maximum atomic E-state index is 13.0. The van der Waals surface area contributed by atoms with E-state index in [1.807, 2.05) is 0 Å². The van der Waals surface area contributed by atoms with Crippen LogP contribution in [0.25, 0.3) is 0 Å². The summed E-state index contributed by atoms with van der Waals surface area (Å²) in [6.45, 7) is 0.845. The number of carbonyl (C=O) groups is 1. The van der Waals surface area contributed by atoms with Gasteiger partial charge in [-0.05, 0) is 66.5 Å². The number of nitrogens with zero attached hydrogens (tertiary/aromatic N) is 3. The van der Waals surface area contributed by atoms with Crippen LogP contribution < -0.4 is 15.4 Å². The highest BCUT2D eigenvalue weighted by atomic mass is 16.5. The number of benzene rings is 1. The van der Waals surface area contributed by atoms with Gasteiger partial charge in [-0.3, -0.25) is 4.79 Å². The van der Waals surface area contributed by atoms with Crippen LogP contribution in [0.15, 0.2) is 30.6 Å². The molecule has 1 aromatic carbocycles. The number of aromatic nitrogens is 2. The lowest BCUT2D eigenvalue weighted by Gasteiger charge is -2.24. The summed E-state index contributed by atoms with van der Waals surface area (Å²) in [7, 11) is 0. The summed E-state index contributed by atoms with van der Waals surface area (Å²) >= 11 is 0. The zero-order chi connectivity index (χ0) is 18.1. The van der Waals surface area contributed by atoms with Crippen molar-refractivity contribution in [3.05, 3.63) is 41.7 Å². The molecule has 0 radical (unpaired) electrons. The molecule has 3 aliphatic carbocycles. The van der Waals surface area contributed by atoms with E-state index in [0.29, 0.717) is 19.1 Å². The Kier molecular flexibility index (Phi) is 3.11. The minimum atomic E-state index is -0.200. The first-order chi connectivity index (χ1) is 13.2. The fourth-order valence-corrected chi connectivity index (χ4v) is 5.90. The summed E-state index contributed by atoms with van der Waals surface area (Å²) in [6, 6.07) is 8.55. The number of hydrogen-bond acceptors (Lipinski definition) is 5. The van der Waals surface area contributed by atoms with Gasteiger partial charge in [0.2, 0.25) is 5.88 Å². The highest BCUT2D eigenvalue weighted by Crippen LogP contribution is 2.69. The van der Waals surface area contributed by atoms with Crippen LogP contribution in [0.5, 0.6) is 5.88 Å². The Hall–Kier alpha value is -2.63. The van der Waals surface area contributed by atoms with Gasteiger partial charge >= 0.3 is 0 Å². The molecule has 138 valence electrons. The monoisotopic (exact) mass is 362 g/mol. The van der Waals surface area contributed by atoms with E-state index in [1.165, 1.54) is 31.2 Å². The number of amides is 1. The van der Waals surface area contributed by atoms with Gasteiger partial charge < -0.3 is 15.4 Å². The molecule has 0 saturated heterocycles. The summed E-state index contributed by atoms with van der Waals surface area (Å²) in [4.78, 5) is 22.8. The van der Waals surface area contributed by atoms with E-state index in [4.69, 9.17) is 10.5 Å². The number of rotatable bonds is 2. The average molecular weight is 362 g/mol. The Bertz CT molecular complexity index is 928. The molecule has 6 heteroatoms. The van der Waals surface area contributed by atoms with Crippen molar-refractivity contribution in [3.63, 3.8) is 0 Å². The van der Waals surface area contributed by atoms with E-state index in [2.05, 4.69) is 34.2 Å². The molecule has 27 heavy (non-hydrogen) atoms. The molecule has 1 aliphatic heterocycles. The molecule has 6 rings (SSSR count). The lowest BCUT2D eigenvalue weighted by molar-refractivity contribution is 0.0990. The molecule has 4 aliphatic rings. The molecular formula is C21H22N4O2. The highest BCUT2D eigenvalue weighted by molar-refractivity contribution is 6.10. The number of fused-ring (bicyclic) bond motifs is 6. The van der Waals surface area contributed by atoms with E-state index in [0.717, 1.165) is 29.4 Å². The number of nitrogen functional groups attached to an aromatic ring is 1. The van der Waals surface area contributed by atoms with Crippen molar-refractivity contribution < 1.29 is 9.53 Å². The second-order valence-electron chi connectivity index (χ2n) is 8.40. The minimum absolute atomic E-state index is 0.162. The summed E-state index contributed by atoms with van der Waals surface area (Å²) in [5.74, 6) is 4.85. The first-order valence-electron chi connectivity index (χ1n) is 9.86. The van der Waals surface area contributed by atoms with E-state index in [1.54, 1.807) is 4.90 Å². The standard InChI is InChI=1S/C21H22N4O2/c22-19-18-20(24-10-23-19)27-6-5-25(21(18)26)13-3-1-11(2-4-13)14-7-12-8-16(14)17-9-15(12)17/h1-4,10,12,14-17H,5-9H2,(H2,22,23,24)/t12-,14+,15?,16-,17?/m0/s1. The fourth-order valence-electron chi connectivity index (χ4n) is 5.90. The Morgan fingerprint density at radius 1 is 1.04 bits per heavy atom. The molecule has 3 saturated carbocycles. The predicted molar refractivity (Wildman–Crippen MR) is 101 cm³/mol. The lowest BCUT2D eigenvalue weighted by atomic mass is 9.83. The van der Waals surface area contributed by atoms with Crippen LogP contribution in [0.4, 0.5) is 11.5 Å². The Morgan fingerprint density at radius 2 is 1.89 bits per heavy atom. The maximum absolute atomic E-state index is 13.0. The topological polar surface area (TPSA) is 81.3 Å². The molecule has 1 amide bonds. The zero-order valence-corrected chi connectivity index (χ0v) is 15.0. The van der Waals surface area contributed by atoms with Crippen molar-refractivity contribution in [2.45, 2.75) is 25.2 Å². The van der Waals surface area contributed by atoms with Crippen LogP contribution in [0.1, 0.15) is 41.1 Å². The SMILES string of the molecule is Nc1ncnc2c1C(=O)N(c1ccc([C@H]3C[C@H]4C[C@@H]3C3CC34)cc1)CCO2. The highest BCUT2D eigenvalue weighted by Gasteiger charge is 2.60. The van der Waals surface area contributed by atoms with Gasteiger partial charge in [-0.2, -0.15) is 0 Å². The normalized spacial score (nSPS) is 33.3. The average Bonchev–Trinajstić information content (AvgIpc) is 3.33. The molecule has 2 unspecified atom stereocenters. The molecule has 1 aromatic heterocycles. The van der Waals surface area contributed by atoms with Crippen LogP contribution in [0.2, 0.25) is 0 Å². The number of anilines is 2. The number of nitrogens with two attached hydrogens (primary N) is 1. The van der Waals surface area contributed by atoms with Crippen molar-refractivity contribution in [2.24, 2.45) is 23.7 Å². The van der Waals surface area contributed by atoms with Gasteiger partial charge in [0.15, 0.2) is 0 Å². The maximum Gasteiger partial charge on any atom is 0.267 e. The third-order valence-electron chi connectivity index (χ3n) is 7.18. The van der Waals surface area contributed by atoms with Crippen LogP contribution in [0, 0.1) is 23.7 Å². The van der Waals surface area contributed by atoms with Crippen molar-refractivity contribution in [3.8, 4) is 5.88 Å². The molecular weight excluding hydrogens is 340 g/mol. The molecule has 2 bridgehead atoms. The Balaban J connectivity index is 1.28. The van der Waals surface area contributed by atoms with Gasteiger partial charge in [0, 0.05) is 5.69 Å². The smallest absolute Gasteiger partial charge is 0.267 e. The largest absolute Gasteiger partial charge is 0.475 e. The van der Waals surface area contributed by atoms with Gasteiger partial charge in [0.25, 0.3) is 5.91 Å². The third kappa shape index (κ3) is 2.22. The van der Waals surface area contributed by atoms with Crippen molar-refractivity contribution in [1.82, 2.24) is 9.97 Å². The van der Waals surface area contributed by atoms with Crippen LogP contribution in [-0.4, -0.2) is 29.0 Å². The van der Waals surface area contributed by atoms with Crippen molar-refractivity contribution in [1.29, 1.82) is 0 Å². The lowest BCUT2D eigenvalue weighted by Crippen LogP contribution is -2.32. The third-order valence-corrected chi connectivity index (χ3v) is 7.18. The second kappa shape index (κ2) is 5.44. The predicted octanol–water partition coefficient (Wildman–Crippen LogP) is 2.86. The van der Waals surface area contributed by atoms with Gasteiger partial charge in [-0.25, -0.2) is 9.97 Å². The molecule has 0 spiro atoms. The van der Waals surface area contributed by atoms with Crippen molar-refractivity contribution in [2.75, 3.05) is 23.8 Å². The van der Waals surface area contributed by atoms with E-state index in [-0.39, 0.29) is 23.2 Å². The van der Waals surface area contributed by atoms with Crippen LogP contribution >= 0.6 is 0 Å². The Labute approximate surface area is 157 Å². The summed E-state index contributed by atoms with van der Waals surface area (Å²) in [6.07, 6.45) is 5.57. The van der Waals surface area contributed by atoms with E-state index in [9.17, 15) is 4.79 Å². The second-order valence-corrected chi connectivity index (χ2v) is 8.40. The zero-order valence-electron chi connectivity index (χ0n) is 15.0. The first-order valence-corrected chi connectivity index (χ1v) is 9.86. The summed E-state index contributed by atoms with van der Waals surface area (Å²) in [5, 5.41) is 0. The molecule has 2 heterocycles. The summed E-state index contributed by atoms with van der Waals surface area (Å²) < 4.78 is 5.61. The summed E-state index contributed by atoms with van der Waals surface area (Å²) in [5.41, 5.74) is 8.48. The van der Waals surface area contributed by atoms with Gasteiger partial charge in [-0.1, -0.05) is 12.1 Å². The Morgan fingerprint density at radius 3 is 2.67 bits per heavy atom. The minimum Gasteiger partial charge on any atom is -0.475 e. The fraction of sp³-hybridized carbons (Fsp3) is 0.476. The molecule has 6 nitrogen and oxygen atoms in total. The van der Waals surface area contributed by atoms with Gasteiger partial charge in [0.05, 0.1) is 6.54 Å². The molecule has 5 atom stereocenters. The molecule has 2 N–H and O–H groups in total.